The third-order valence-electron chi connectivity index (χ3n) is 6.41. The zero-order chi connectivity index (χ0) is 24.5. The fraction of sp³-hybridized carbons (Fsp3) is 0.231. The molecule has 5 rings (SSSR count). The first-order chi connectivity index (χ1) is 16.9. The van der Waals surface area contributed by atoms with Crippen molar-refractivity contribution in [2.45, 2.75) is 24.8 Å². The summed E-state index contributed by atoms with van der Waals surface area (Å²) in [5.41, 5.74) is 5.08. The minimum atomic E-state index is -1.13. The number of carbonyl (C=O) groups is 3. The first kappa shape index (κ1) is 22.4. The molecule has 1 unspecified atom stereocenters. The number of aromatic nitrogens is 2. The average molecular weight is 473 g/mol. The molecular weight excluding hydrogens is 448 g/mol. The van der Waals surface area contributed by atoms with Crippen molar-refractivity contribution in [2.24, 2.45) is 7.05 Å². The van der Waals surface area contributed by atoms with Crippen molar-refractivity contribution in [3.8, 4) is 11.1 Å². The van der Waals surface area contributed by atoms with Crippen LogP contribution in [0.15, 0.2) is 66.2 Å². The molecule has 9 nitrogen and oxygen atoms in total. The molecule has 0 bridgehead atoms. The molecule has 178 valence electrons. The first-order valence-electron chi connectivity index (χ1n) is 11.3. The number of nitrogens with one attached hydrogen (secondary N) is 2. The third-order valence-corrected chi connectivity index (χ3v) is 6.41. The highest BCUT2D eigenvalue weighted by Crippen LogP contribution is 2.44. The topological polar surface area (TPSA) is 123 Å². The molecule has 0 saturated heterocycles. The lowest BCUT2D eigenvalue weighted by Gasteiger charge is -2.17. The van der Waals surface area contributed by atoms with Crippen LogP contribution in [0.4, 0.5) is 10.6 Å². The molecule has 3 N–H and O–H groups in total. The highest BCUT2D eigenvalue weighted by Gasteiger charge is 2.30. The summed E-state index contributed by atoms with van der Waals surface area (Å²) in [6.45, 7) is 0.221. The van der Waals surface area contributed by atoms with E-state index in [2.05, 4.69) is 40.0 Å². The van der Waals surface area contributed by atoms with Gasteiger partial charge >= 0.3 is 12.1 Å². The maximum absolute atomic E-state index is 12.5. The van der Waals surface area contributed by atoms with Crippen LogP contribution < -0.4 is 10.6 Å². The van der Waals surface area contributed by atoms with Crippen LogP contribution in [0, 0.1) is 0 Å². The second kappa shape index (κ2) is 9.09. The number of aryl methyl sites for hydroxylation is 1. The number of carboxylic acid groups (broad SMARTS) is 1. The number of ether oxygens (including phenoxy) is 1. The Morgan fingerprint density at radius 1 is 1.09 bits per heavy atom. The Bertz CT molecular complexity index is 1310. The van der Waals surface area contributed by atoms with Gasteiger partial charge in [-0.05, 0) is 35.1 Å². The normalized spacial score (nSPS) is 16.3. The van der Waals surface area contributed by atoms with Gasteiger partial charge in [-0.15, -0.1) is 0 Å². The van der Waals surface area contributed by atoms with Crippen LogP contribution in [-0.4, -0.2) is 45.5 Å². The second-order valence-electron chi connectivity index (χ2n) is 8.63. The molecule has 1 heterocycles. The van der Waals surface area contributed by atoms with Gasteiger partial charge < -0.3 is 20.5 Å². The van der Waals surface area contributed by atoms with Crippen LogP contribution in [-0.2, 0) is 16.6 Å². The molecule has 2 aliphatic carbocycles. The Labute approximate surface area is 201 Å². The van der Waals surface area contributed by atoms with Crippen LogP contribution in [0.1, 0.15) is 40.4 Å². The SMILES string of the molecule is Cn1nc(NC(=O)C2=CCC(NC(=O)OCC3c4ccccc4-c4ccccc43)C2)cc1C(=O)O. The Balaban J connectivity index is 1.14. The van der Waals surface area contributed by atoms with Gasteiger partial charge in [-0.1, -0.05) is 54.6 Å². The van der Waals surface area contributed by atoms with Crippen LogP contribution in [0.25, 0.3) is 11.1 Å². The monoisotopic (exact) mass is 472 g/mol. The molecule has 2 aliphatic rings. The molecule has 2 aromatic carbocycles. The van der Waals surface area contributed by atoms with E-state index >= 15 is 0 Å². The van der Waals surface area contributed by atoms with Crippen LogP contribution in [0.2, 0.25) is 0 Å². The molecule has 3 aromatic rings. The highest BCUT2D eigenvalue weighted by atomic mass is 16.5. The van der Waals surface area contributed by atoms with Gasteiger partial charge in [0.15, 0.2) is 5.82 Å². The lowest BCUT2D eigenvalue weighted by atomic mass is 9.98. The van der Waals surface area contributed by atoms with Gasteiger partial charge in [-0.2, -0.15) is 5.10 Å². The van der Waals surface area contributed by atoms with Gasteiger partial charge in [0.2, 0.25) is 0 Å². The van der Waals surface area contributed by atoms with E-state index in [1.54, 1.807) is 6.08 Å². The Hall–Kier alpha value is -4.40. The number of aromatic carboxylic acids is 1. The van der Waals surface area contributed by atoms with Crippen molar-refractivity contribution in [1.29, 1.82) is 0 Å². The van der Waals surface area contributed by atoms with Gasteiger partial charge in [-0.3, -0.25) is 9.48 Å². The van der Waals surface area contributed by atoms with Gasteiger partial charge in [0.05, 0.1) is 0 Å². The molecule has 0 radical (unpaired) electrons. The van der Waals surface area contributed by atoms with Crippen molar-refractivity contribution in [1.82, 2.24) is 15.1 Å². The molecule has 1 aromatic heterocycles. The number of carbonyl (C=O) groups excluding carboxylic acids is 2. The maximum atomic E-state index is 12.5. The Morgan fingerprint density at radius 3 is 2.37 bits per heavy atom. The lowest BCUT2D eigenvalue weighted by Crippen LogP contribution is -2.34. The second-order valence-corrected chi connectivity index (χ2v) is 8.63. The number of carboxylic acids is 1. The summed E-state index contributed by atoms with van der Waals surface area (Å²) in [6.07, 6.45) is 2.07. The van der Waals surface area contributed by atoms with Gasteiger partial charge in [0, 0.05) is 30.6 Å². The van der Waals surface area contributed by atoms with E-state index in [4.69, 9.17) is 9.84 Å². The molecule has 0 fully saturated rings. The first-order valence-corrected chi connectivity index (χ1v) is 11.3. The van der Waals surface area contributed by atoms with E-state index < -0.39 is 12.1 Å². The fourth-order valence-electron chi connectivity index (χ4n) is 4.74. The third kappa shape index (κ3) is 4.40. The number of hydrogen-bond acceptors (Lipinski definition) is 5. The van der Waals surface area contributed by atoms with Crippen LogP contribution >= 0.6 is 0 Å². The highest BCUT2D eigenvalue weighted by molar-refractivity contribution is 6.04. The minimum Gasteiger partial charge on any atom is -0.477 e. The van der Waals surface area contributed by atoms with E-state index in [1.807, 2.05) is 24.3 Å². The Morgan fingerprint density at radius 2 is 1.74 bits per heavy atom. The number of hydrogen-bond donors (Lipinski definition) is 3. The fourth-order valence-corrected chi connectivity index (χ4v) is 4.74. The van der Waals surface area contributed by atoms with Crippen molar-refractivity contribution >= 4 is 23.8 Å². The summed E-state index contributed by atoms with van der Waals surface area (Å²) in [7, 11) is 1.49. The van der Waals surface area contributed by atoms with E-state index in [1.165, 1.54) is 17.8 Å². The average Bonchev–Trinajstić information content (AvgIpc) is 3.54. The number of rotatable bonds is 6. The van der Waals surface area contributed by atoms with E-state index in [0.29, 0.717) is 18.4 Å². The van der Waals surface area contributed by atoms with Crippen molar-refractivity contribution in [3.05, 3.63) is 83.1 Å². The number of benzene rings is 2. The summed E-state index contributed by atoms with van der Waals surface area (Å²) in [5, 5.41) is 18.6. The molecule has 1 atom stereocenters. The number of alkyl carbamates (subject to hydrolysis) is 1. The summed E-state index contributed by atoms with van der Waals surface area (Å²) in [5.74, 6) is -1.38. The smallest absolute Gasteiger partial charge is 0.407 e. The standard InChI is InChI=1S/C26H24N4O5/c1-30-22(25(32)33)13-23(29-30)28-24(31)15-10-11-16(12-15)27-26(34)35-14-21-19-8-4-2-6-17(19)18-7-3-5-9-20(18)21/h2-10,13,16,21H,11-12,14H2,1H3,(H,27,34)(H,32,33)(H,28,29,31). The number of anilines is 1. The van der Waals surface area contributed by atoms with Crippen molar-refractivity contribution in [2.75, 3.05) is 11.9 Å². The molecule has 0 aliphatic heterocycles. The maximum Gasteiger partial charge on any atom is 0.407 e. The molecule has 0 spiro atoms. The molecule has 2 amide bonds. The summed E-state index contributed by atoms with van der Waals surface area (Å²) in [6, 6.07) is 17.3. The van der Waals surface area contributed by atoms with E-state index in [-0.39, 0.29) is 36.0 Å². The molecule has 0 saturated carbocycles. The summed E-state index contributed by atoms with van der Waals surface area (Å²) >= 11 is 0. The van der Waals surface area contributed by atoms with Gasteiger partial charge in [0.1, 0.15) is 12.3 Å². The van der Waals surface area contributed by atoms with Crippen molar-refractivity contribution in [3.63, 3.8) is 0 Å². The predicted molar refractivity (Wildman–Crippen MR) is 128 cm³/mol. The minimum absolute atomic E-state index is 0.0229. The Kier molecular flexibility index (Phi) is 5.82. The summed E-state index contributed by atoms with van der Waals surface area (Å²) in [4.78, 5) is 36.2. The number of nitrogens with zero attached hydrogens (tertiary/aromatic N) is 2. The van der Waals surface area contributed by atoms with E-state index in [0.717, 1.165) is 22.3 Å². The van der Waals surface area contributed by atoms with Crippen LogP contribution in [0.3, 0.4) is 0 Å². The van der Waals surface area contributed by atoms with Crippen LogP contribution in [0.5, 0.6) is 0 Å². The van der Waals surface area contributed by atoms with Crippen molar-refractivity contribution < 1.29 is 24.2 Å². The lowest BCUT2D eigenvalue weighted by molar-refractivity contribution is -0.113. The predicted octanol–water partition coefficient (Wildman–Crippen LogP) is 3.68. The quantitative estimate of drug-likeness (QED) is 0.503. The number of amides is 2. The van der Waals surface area contributed by atoms with Gasteiger partial charge in [-0.25, -0.2) is 9.59 Å². The molecule has 9 heteroatoms. The van der Waals surface area contributed by atoms with E-state index in [9.17, 15) is 14.4 Å². The summed E-state index contributed by atoms with van der Waals surface area (Å²) < 4.78 is 6.77. The molecular formula is C26H24N4O5. The number of fused-ring (bicyclic) bond motifs is 3. The zero-order valence-corrected chi connectivity index (χ0v) is 19.0. The zero-order valence-electron chi connectivity index (χ0n) is 19.0. The molecule has 35 heavy (non-hydrogen) atoms. The van der Waals surface area contributed by atoms with Gasteiger partial charge in [0.25, 0.3) is 5.91 Å². The largest absolute Gasteiger partial charge is 0.477 e.